The van der Waals surface area contributed by atoms with Crippen LogP contribution >= 0.6 is 0 Å². The van der Waals surface area contributed by atoms with E-state index in [1.807, 2.05) is 0 Å². The summed E-state index contributed by atoms with van der Waals surface area (Å²) in [6.07, 6.45) is 3.20. The van der Waals surface area contributed by atoms with Gasteiger partial charge in [0.25, 0.3) is 0 Å². The van der Waals surface area contributed by atoms with Gasteiger partial charge in [0.2, 0.25) is 0 Å². The van der Waals surface area contributed by atoms with E-state index in [1.54, 1.807) is 0 Å². The molecule has 2 rings (SSSR count). The molecule has 0 spiro atoms. The summed E-state index contributed by atoms with van der Waals surface area (Å²) in [5, 5.41) is 0. The lowest BCUT2D eigenvalue weighted by atomic mass is 9.84. The molecule has 1 aliphatic carbocycles. The highest BCUT2D eigenvalue weighted by atomic mass is 16.5. The first-order valence-electron chi connectivity index (χ1n) is 7.63. The highest BCUT2D eigenvalue weighted by Gasteiger charge is 2.50. The zero-order chi connectivity index (χ0) is 13.9. The van der Waals surface area contributed by atoms with Crippen LogP contribution in [0.1, 0.15) is 51.5 Å². The molecule has 2 nitrogen and oxygen atoms in total. The minimum atomic E-state index is -0.136. The topological polar surface area (TPSA) is 35.2 Å². The zero-order valence-electron chi connectivity index (χ0n) is 12.4. The van der Waals surface area contributed by atoms with E-state index in [0.717, 1.165) is 19.4 Å². The van der Waals surface area contributed by atoms with Gasteiger partial charge in [-0.1, -0.05) is 44.2 Å². The van der Waals surface area contributed by atoms with Gasteiger partial charge in [-0.2, -0.15) is 0 Å². The monoisotopic (exact) mass is 261 g/mol. The standard InChI is InChI=1S/C17H27NO/c1-4-17(5-2,19-6-3)16(18)15-12-14(15)13-10-8-7-9-11-13/h7-11,14-16H,4-6,12,18H2,1-3H3. The van der Waals surface area contributed by atoms with E-state index in [-0.39, 0.29) is 11.6 Å². The molecule has 0 bridgehead atoms. The molecule has 1 aliphatic rings. The third kappa shape index (κ3) is 2.85. The van der Waals surface area contributed by atoms with Crippen molar-refractivity contribution in [3.05, 3.63) is 35.9 Å². The average molecular weight is 261 g/mol. The molecule has 1 aromatic carbocycles. The Bertz CT molecular complexity index is 386. The van der Waals surface area contributed by atoms with Crippen LogP contribution in [0.2, 0.25) is 0 Å². The summed E-state index contributed by atoms with van der Waals surface area (Å²) < 4.78 is 6.05. The smallest absolute Gasteiger partial charge is 0.0830 e. The van der Waals surface area contributed by atoms with Crippen LogP contribution in [-0.2, 0) is 4.74 Å². The van der Waals surface area contributed by atoms with Gasteiger partial charge in [0.15, 0.2) is 0 Å². The first-order chi connectivity index (χ1) is 9.18. The van der Waals surface area contributed by atoms with Crippen LogP contribution in [0.5, 0.6) is 0 Å². The van der Waals surface area contributed by atoms with Crippen molar-refractivity contribution in [2.24, 2.45) is 11.7 Å². The van der Waals surface area contributed by atoms with Crippen molar-refractivity contribution in [3.8, 4) is 0 Å². The highest BCUT2D eigenvalue weighted by molar-refractivity contribution is 5.27. The first kappa shape index (κ1) is 14.5. The minimum absolute atomic E-state index is 0.136. The zero-order valence-corrected chi connectivity index (χ0v) is 12.4. The molecule has 19 heavy (non-hydrogen) atoms. The van der Waals surface area contributed by atoms with E-state index < -0.39 is 0 Å². The van der Waals surface area contributed by atoms with E-state index in [4.69, 9.17) is 10.5 Å². The first-order valence-corrected chi connectivity index (χ1v) is 7.63. The lowest BCUT2D eigenvalue weighted by Crippen LogP contribution is -2.51. The van der Waals surface area contributed by atoms with Crippen LogP contribution in [0.4, 0.5) is 0 Å². The summed E-state index contributed by atoms with van der Waals surface area (Å²) in [6, 6.07) is 10.9. The fourth-order valence-corrected chi connectivity index (χ4v) is 3.39. The summed E-state index contributed by atoms with van der Waals surface area (Å²) in [4.78, 5) is 0. The Morgan fingerprint density at radius 2 is 1.84 bits per heavy atom. The quantitative estimate of drug-likeness (QED) is 0.812. The van der Waals surface area contributed by atoms with Gasteiger partial charge in [-0.05, 0) is 43.6 Å². The van der Waals surface area contributed by atoms with Crippen LogP contribution in [0, 0.1) is 5.92 Å². The average Bonchev–Trinajstić information content (AvgIpc) is 3.25. The maximum atomic E-state index is 6.57. The molecule has 3 unspecified atom stereocenters. The molecule has 3 atom stereocenters. The van der Waals surface area contributed by atoms with Crippen LogP contribution < -0.4 is 5.73 Å². The summed E-state index contributed by atoms with van der Waals surface area (Å²) in [5.74, 6) is 1.21. The third-order valence-corrected chi connectivity index (χ3v) is 4.76. The number of benzene rings is 1. The van der Waals surface area contributed by atoms with Crippen molar-refractivity contribution in [1.82, 2.24) is 0 Å². The van der Waals surface area contributed by atoms with Gasteiger partial charge in [0, 0.05) is 12.6 Å². The lowest BCUT2D eigenvalue weighted by Gasteiger charge is -2.37. The van der Waals surface area contributed by atoms with Crippen molar-refractivity contribution in [2.75, 3.05) is 6.61 Å². The van der Waals surface area contributed by atoms with Gasteiger partial charge in [-0.25, -0.2) is 0 Å². The number of ether oxygens (including phenoxy) is 1. The molecular formula is C17H27NO. The molecule has 2 N–H and O–H groups in total. The van der Waals surface area contributed by atoms with Crippen LogP contribution in [0.15, 0.2) is 30.3 Å². The molecular weight excluding hydrogens is 234 g/mol. The normalized spacial score (nSPS) is 24.2. The van der Waals surface area contributed by atoms with Crippen molar-refractivity contribution in [3.63, 3.8) is 0 Å². The summed E-state index contributed by atoms with van der Waals surface area (Å²) in [7, 11) is 0. The summed E-state index contributed by atoms with van der Waals surface area (Å²) in [6.45, 7) is 7.20. The predicted octanol–water partition coefficient (Wildman–Crippen LogP) is 3.71. The molecule has 0 heterocycles. The van der Waals surface area contributed by atoms with Gasteiger partial charge < -0.3 is 10.5 Å². The largest absolute Gasteiger partial charge is 0.374 e. The van der Waals surface area contributed by atoms with E-state index in [1.165, 1.54) is 12.0 Å². The SMILES string of the molecule is CCOC(CC)(CC)C(N)C1CC1c1ccccc1. The van der Waals surface area contributed by atoms with E-state index in [9.17, 15) is 0 Å². The van der Waals surface area contributed by atoms with Gasteiger partial charge in [-0.15, -0.1) is 0 Å². The van der Waals surface area contributed by atoms with Crippen molar-refractivity contribution in [1.29, 1.82) is 0 Å². The molecule has 0 aliphatic heterocycles. The van der Waals surface area contributed by atoms with Gasteiger partial charge >= 0.3 is 0 Å². The molecule has 0 amide bonds. The Kier molecular flexibility index (Phi) is 4.64. The molecule has 0 radical (unpaired) electrons. The Balaban J connectivity index is 2.07. The second-order valence-corrected chi connectivity index (χ2v) is 5.65. The Hall–Kier alpha value is -0.860. The van der Waals surface area contributed by atoms with Crippen molar-refractivity contribution < 1.29 is 4.74 Å². The molecule has 2 heteroatoms. The number of hydrogen-bond acceptors (Lipinski definition) is 2. The van der Waals surface area contributed by atoms with E-state index in [0.29, 0.717) is 11.8 Å². The van der Waals surface area contributed by atoms with E-state index >= 15 is 0 Å². The highest BCUT2D eigenvalue weighted by Crippen LogP contribution is 2.52. The lowest BCUT2D eigenvalue weighted by molar-refractivity contribution is -0.0684. The Labute approximate surface area is 117 Å². The molecule has 0 aromatic heterocycles. The maximum absolute atomic E-state index is 6.57. The van der Waals surface area contributed by atoms with Crippen LogP contribution in [0.25, 0.3) is 0 Å². The number of hydrogen-bond donors (Lipinski definition) is 1. The number of nitrogens with two attached hydrogens (primary N) is 1. The minimum Gasteiger partial charge on any atom is -0.374 e. The van der Waals surface area contributed by atoms with Crippen molar-refractivity contribution >= 4 is 0 Å². The van der Waals surface area contributed by atoms with E-state index in [2.05, 4.69) is 51.1 Å². The number of rotatable bonds is 7. The molecule has 0 saturated heterocycles. The molecule has 1 fully saturated rings. The fraction of sp³-hybridized carbons (Fsp3) is 0.647. The third-order valence-electron chi connectivity index (χ3n) is 4.76. The second-order valence-electron chi connectivity index (χ2n) is 5.65. The maximum Gasteiger partial charge on any atom is 0.0830 e. The molecule has 1 saturated carbocycles. The van der Waals surface area contributed by atoms with Gasteiger partial charge in [0.05, 0.1) is 5.60 Å². The molecule has 106 valence electrons. The van der Waals surface area contributed by atoms with Gasteiger partial charge in [-0.3, -0.25) is 0 Å². The van der Waals surface area contributed by atoms with Crippen molar-refractivity contribution in [2.45, 2.75) is 57.6 Å². The Morgan fingerprint density at radius 3 is 2.37 bits per heavy atom. The summed E-state index contributed by atoms with van der Waals surface area (Å²) in [5.41, 5.74) is 7.86. The second kappa shape index (κ2) is 6.06. The van der Waals surface area contributed by atoms with Crippen LogP contribution in [0.3, 0.4) is 0 Å². The fourth-order valence-electron chi connectivity index (χ4n) is 3.39. The summed E-state index contributed by atoms with van der Waals surface area (Å²) >= 11 is 0. The Morgan fingerprint density at radius 1 is 1.21 bits per heavy atom. The van der Waals surface area contributed by atoms with Crippen LogP contribution in [-0.4, -0.2) is 18.2 Å². The van der Waals surface area contributed by atoms with Gasteiger partial charge in [0.1, 0.15) is 0 Å². The molecule has 1 aromatic rings. The predicted molar refractivity (Wildman–Crippen MR) is 80.2 cm³/mol.